The van der Waals surface area contributed by atoms with Gasteiger partial charge in [0.05, 0.1) is 18.7 Å². The zero-order chi connectivity index (χ0) is 23.3. The molecule has 2 atom stereocenters. The van der Waals surface area contributed by atoms with Crippen molar-refractivity contribution >= 4 is 34.9 Å². The standard InChI is InChI=1S/C24H35N3O3S/c1-8-27-16(3)20(22(29)30-7)21(26-23(27)31)17-9-11-18(12-10-17)25-19(28)13-15(2)14-24(4,5)6/h9-12,15,21H,8,13-14H2,1-7H3,(H,25,28)(H,26,31)/t15-,21+/m0/s1. The molecule has 0 bridgehead atoms. The van der Waals surface area contributed by atoms with E-state index in [0.717, 1.165) is 23.4 Å². The minimum absolute atomic E-state index is 0.00560. The lowest BCUT2D eigenvalue weighted by molar-refractivity contribution is -0.136. The van der Waals surface area contributed by atoms with Gasteiger partial charge in [0, 0.05) is 24.4 Å². The van der Waals surface area contributed by atoms with Crippen molar-refractivity contribution in [3.63, 3.8) is 0 Å². The Balaban J connectivity index is 2.16. The van der Waals surface area contributed by atoms with Gasteiger partial charge in [0.2, 0.25) is 5.91 Å². The van der Waals surface area contributed by atoms with Crippen LogP contribution in [0.5, 0.6) is 0 Å². The van der Waals surface area contributed by atoms with Gasteiger partial charge in [-0.1, -0.05) is 39.8 Å². The lowest BCUT2D eigenvalue weighted by atomic mass is 9.84. The summed E-state index contributed by atoms with van der Waals surface area (Å²) in [4.78, 5) is 26.8. The second kappa shape index (κ2) is 10.3. The molecule has 1 heterocycles. The Bertz CT molecular complexity index is 856. The third kappa shape index (κ3) is 6.53. The van der Waals surface area contributed by atoms with Crippen molar-refractivity contribution in [2.45, 2.75) is 60.4 Å². The van der Waals surface area contributed by atoms with Crippen LogP contribution >= 0.6 is 12.2 Å². The van der Waals surface area contributed by atoms with Gasteiger partial charge in [-0.2, -0.15) is 0 Å². The Hall–Kier alpha value is -2.41. The number of rotatable bonds is 7. The first-order valence-corrected chi connectivity index (χ1v) is 11.1. The molecule has 1 aliphatic heterocycles. The average Bonchev–Trinajstić information content (AvgIpc) is 2.66. The molecular formula is C24H35N3O3S. The van der Waals surface area contributed by atoms with Crippen molar-refractivity contribution in [3.05, 3.63) is 41.1 Å². The predicted molar refractivity (Wildman–Crippen MR) is 128 cm³/mol. The quantitative estimate of drug-likeness (QED) is 0.465. The maximum absolute atomic E-state index is 12.5. The molecule has 2 N–H and O–H groups in total. The molecule has 0 fully saturated rings. The molecule has 0 unspecified atom stereocenters. The van der Waals surface area contributed by atoms with E-state index in [1.807, 2.05) is 43.0 Å². The second-order valence-electron chi connectivity index (χ2n) is 9.36. The Labute approximate surface area is 191 Å². The molecule has 0 spiro atoms. The Morgan fingerprint density at radius 3 is 2.39 bits per heavy atom. The van der Waals surface area contributed by atoms with Crippen molar-refractivity contribution in [1.29, 1.82) is 0 Å². The summed E-state index contributed by atoms with van der Waals surface area (Å²) in [6.45, 7) is 13.2. The van der Waals surface area contributed by atoms with E-state index in [1.54, 1.807) is 0 Å². The maximum atomic E-state index is 12.5. The van der Waals surface area contributed by atoms with Gasteiger partial charge in [-0.3, -0.25) is 4.79 Å². The van der Waals surface area contributed by atoms with E-state index in [-0.39, 0.29) is 17.3 Å². The molecule has 7 heteroatoms. The molecule has 1 amide bonds. The molecule has 1 aromatic carbocycles. The molecule has 2 rings (SSSR count). The Kier molecular flexibility index (Phi) is 8.23. The van der Waals surface area contributed by atoms with Crippen LogP contribution in [0.2, 0.25) is 0 Å². The van der Waals surface area contributed by atoms with Gasteiger partial charge in [0.25, 0.3) is 0 Å². The fourth-order valence-corrected chi connectivity index (χ4v) is 4.58. The highest BCUT2D eigenvalue weighted by Gasteiger charge is 2.33. The number of benzene rings is 1. The molecule has 6 nitrogen and oxygen atoms in total. The first-order valence-electron chi connectivity index (χ1n) is 10.7. The van der Waals surface area contributed by atoms with Crippen LogP contribution in [0.4, 0.5) is 5.69 Å². The average molecular weight is 446 g/mol. The van der Waals surface area contributed by atoms with Crippen LogP contribution in [0.1, 0.15) is 66.0 Å². The van der Waals surface area contributed by atoms with E-state index in [2.05, 4.69) is 38.3 Å². The second-order valence-corrected chi connectivity index (χ2v) is 9.75. The predicted octanol–water partition coefficient (Wildman–Crippen LogP) is 4.79. The van der Waals surface area contributed by atoms with Crippen LogP contribution in [0, 0.1) is 11.3 Å². The minimum Gasteiger partial charge on any atom is -0.466 e. The highest BCUT2D eigenvalue weighted by molar-refractivity contribution is 7.80. The summed E-state index contributed by atoms with van der Waals surface area (Å²) in [5.74, 6) is -0.0730. The maximum Gasteiger partial charge on any atom is 0.337 e. The zero-order valence-corrected chi connectivity index (χ0v) is 20.5. The van der Waals surface area contributed by atoms with Crippen LogP contribution in [0.25, 0.3) is 0 Å². The summed E-state index contributed by atoms with van der Waals surface area (Å²) in [7, 11) is 1.38. The summed E-state index contributed by atoms with van der Waals surface area (Å²) >= 11 is 5.49. The van der Waals surface area contributed by atoms with Gasteiger partial charge in [0.15, 0.2) is 5.11 Å². The number of amides is 1. The van der Waals surface area contributed by atoms with Gasteiger partial charge in [-0.05, 0) is 61.5 Å². The largest absolute Gasteiger partial charge is 0.466 e. The number of anilines is 1. The number of hydrogen-bond acceptors (Lipinski definition) is 4. The summed E-state index contributed by atoms with van der Waals surface area (Å²) in [6.07, 6.45) is 1.47. The van der Waals surface area contributed by atoms with Crippen LogP contribution in [0.15, 0.2) is 35.5 Å². The van der Waals surface area contributed by atoms with E-state index in [1.165, 1.54) is 7.11 Å². The first kappa shape index (κ1) is 24.9. The SMILES string of the molecule is CCN1C(=S)N[C@H](c2ccc(NC(=O)C[C@H](C)CC(C)(C)C)cc2)C(C(=O)OC)=C1C. The number of methoxy groups -OCH3 is 1. The van der Waals surface area contributed by atoms with Crippen molar-refractivity contribution in [2.75, 3.05) is 19.0 Å². The van der Waals surface area contributed by atoms with Crippen LogP contribution < -0.4 is 10.6 Å². The van der Waals surface area contributed by atoms with Crippen LogP contribution in [0.3, 0.4) is 0 Å². The van der Waals surface area contributed by atoms with Crippen molar-refractivity contribution in [1.82, 2.24) is 10.2 Å². The highest BCUT2D eigenvalue weighted by Crippen LogP contribution is 2.32. The number of nitrogens with zero attached hydrogens (tertiary/aromatic N) is 1. The van der Waals surface area contributed by atoms with Gasteiger partial charge in [-0.15, -0.1) is 0 Å². The molecule has 0 aliphatic carbocycles. The molecule has 0 saturated heterocycles. The number of hydrogen-bond donors (Lipinski definition) is 2. The summed E-state index contributed by atoms with van der Waals surface area (Å²) in [5, 5.41) is 6.79. The number of carbonyl (C=O) groups is 2. The van der Waals surface area contributed by atoms with E-state index in [0.29, 0.717) is 29.6 Å². The summed E-state index contributed by atoms with van der Waals surface area (Å²) in [6, 6.07) is 7.09. The van der Waals surface area contributed by atoms with Gasteiger partial charge >= 0.3 is 5.97 Å². The molecule has 170 valence electrons. The summed E-state index contributed by atoms with van der Waals surface area (Å²) in [5.41, 5.74) is 3.12. The van der Waals surface area contributed by atoms with Crippen LogP contribution in [-0.4, -0.2) is 35.5 Å². The molecule has 1 aromatic rings. The lowest BCUT2D eigenvalue weighted by Crippen LogP contribution is -2.47. The van der Waals surface area contributed by atoms with E-state index in [9.17, 15) is 9.59 Å². The Morgan fingerprint density at radius 2 is 1.87 bits per heavy atom. The topological polar surface area (TPSA) is 70.7 Å². The normalized spacial score (nSPS) is 17.8. The smallest absolute Gasteiger partial charge is 0.337 e. The third-order valence-electron chi connectivity index (χ3n) is 5.34. The number of carbonyl (C=O) groups excluding carboxylic acids is 2. The molecule has 0 aromatic heterocycles. The number of ether oxygens (including phenoxy) is 1. The van der Waals surface area contributed by atoms with E-state index >= 15 is 0 Å². The lowest BCUT2D eigenvalue weighted by Gasteiger charge is -2.36. The van der Waals surface area contributed by atoms with Gasteiger partial charge in [-0.25, -0.2) is 4.79 Å². The molecule has 0 radical (unpaired) electrons. The number of nitrogens with one attached hydrogen (secondary N) is 2. The number of esters is 1. The minimum atomic E-state index is -0.403. The molecule has 31 heavy (non-hydrogen) atoms. The summed E-state index contributed by atoms with van der Waals surface area (Å²) < 4.78 is 5.02. The van der Waals surface area contributed by atoms with Gasteiger partial charge in [0.1, 0.15) is 0 Å². The van der Waals surface area contributed by atoms with E-state index in [4.69, 9.17) is 17.0 Å². The molecule has 0 saturated carbocycles. The number of thiocarbonyl (C=S) groups is 1. The fourth-order valence-electron chi connectivity index (χ4n) is 4.19. The Morgan fingerprint density at radius 1 is 1.26 bits per heavy atom. The fraction of sp³-hybridized carbons (Fsp3) is 0.542. The van der Waals surface area contributed by atoms with Crippen molar-refractivity contribution < 1.29 is 14.3 Å². The monoisotopic (exact) mass is 445 g/mol. The highest BCUT2D eigenvalue weighted by atomic mass is 32.1. The first-order chi connectivity index (χ1) is 14.5. The molecular weight excluding hydrogens is 410 g/mol. The molecule has 1 aliphatic rings. The zero-order valence-electron chi connectivity index (χ0n) is 19.7. The van der Waals surface area contributed by atoms with Crippen molar-refractivity contribution in [2.24, 2.45) is 11.3 Å². The van der Waals surface area contributed by atoms with Crippen LogP contribution in [-0.2, 0) is 14.3 Å². The van der Waals surface area contributed by atoms with Crippen molar-refractivity contribution in [3.8, 4) is 0 Å². The van der Waals surface area contributed by atoms with Gasteiger partial charge < -0.3 is 20.3 Å². The van der Waals surface area contributed by atoms with E-state index < -0.39 is 6.04 Å². The number of allylic oxidation sites excluding steroid dienone is 1. The third-order valence-corrected chi connectivity index (χ3v) is 5.68.